The van der Waals surface area contributed by atoms with E-state index in [1.807, 2.05) is 27.2 Å². The summed E-state index contributed by atoms with van der Waals surface area (Å²) in [5.41, 5.74) is 0. The third-order valence-corrected chi connectivity index (χ3v) is 16.0. The Labute approximate surface area is 450 Å². The Bertz CT molecular complexity index is 1180. The van der Waals surface area contributed by atoms with Crippen LogP contribution in [0.25, 0.3) is 0 Å². The van der Waals surface area contributed by atoms with Gasteiger partial charge in [0.15, 0.2) is 0 Å². The van der Waals surface area contributed by atoms with Crippen molar-refractivity contribution in [1.29, 1.82) is 0 Å². The van der Waals surface area contributed by atoms with E-state index in [1.165, 1.54) is 283 Å². The zero-order valence-corrected chi connectivity index (χ0v) is 50.1. The second kappa shape index (κ2) is 55.0. The Hall–Kier alpha value is -0.760. The molecule has 0 aliphatic carbocycles. The van der Waals surface area contributed by atoms with Crippen molar-refractivity contribution in [1.82, 2.24) is 5.32 Å². The molecule has 0 aromatic carbocycles. The fourth-order valence-corrected chi connectivity index (χ4v) is 10.7. The molecule has 0 aliphatic rings. The molecule has 430 valence electrons. The average molecular weight is 1040 g/mol. The summed E-state index contributed by atoms with van der Waals surface area (Å²) in [4.78, 5) is 23.4. The molecule has 0 rings (SSSR count). The second-order valence-corrected chi connectivity index (χ2v) is 25.0. The zero-order valence-electron chi connectivity index (χ0n) is 49.2. The van der Waals surface area contributed by atoms with Crippen LogP contribution < -0.4 is 5.32 Å². The number of aliphatic hydroxyl groups excluding tert-OH is 1. The van der Waals surface area contributed by atoms with Crippen LogP contribution in [0.3, 0.4) is 0 Å². The number of rotatable bonds is 60. The number of quaternary nitrogens is 1. The van der Waals surface area contributed by atoms with Gasteiger partial charge in [0, 0.05) is 6.42 Å². The third-order valence-electron chi connectivity index (χ3n) is 15.0. The van der Waals surface area contributed by atoms with Crippen molar-refractivity contribution >= 4 is 13.7 Å². The number of allylic oxidation sites excluding steroid dienone is 1. The highest BCUT2D eigenvalue weighted by Crippen LogP contribution is 2.43. The van der Waals surface area contributed by atoms with E-state index in [4.69, 9.17) is 9.05 Å². The molecule has 3 unspecified atom stereocenters. The summed E-state index contributed by atoms with van der Waals surface area (Å²) in [6.45, 7) is 4.88. The van der Waals surface area contributed by atoms with E-state index in [0.717, 1.165) is 32.1 Å². The highest BCUT2D eigenvalue weighted by molar-refractivity contribution is 7.47. The number of nitrogens with zero attached hydrogens (tertiary/aromatic N) is 1. The number of likely N-dealkylation sites (N-methyl/N-ethyl adjacent to an activating group) is 1. The highest BCUT2D eigenvalue weighted by atomic mass is 31.2. The number of nitrogens with one attached hydrogen (secondary N) is 1. The van der Waals surface area contributed by atoms with Gasteiger partial charge in [0.05, 0.1) is 39.9 Å². The first-order chi connectivity index (χ1) is 35.0. The lowest BCUT2D eigenvalue weighted by molar-refractivity contribution is -0.870. The molecule has 3 atom stereocenters. The molecule has 0 saturated carbocycles. The van der Waals surface area contributed by atoms with Gasteiger partial charge in [-0.25, -0.2) is 4.57 Å². The first-order valence-corrected chi connectivity index (χ1v) is 33.6. The Balaban J connectivity index is 4.10. The monoisotopic (exact) mass is 1040 g/mol. The predicted octanol–water partition coefficient (Wildman–Crippen LogP) is 19.8. The molecule has 1 amide bonds. The molecular formula is C63H128N2O6P+. The van der Waals surface area contributed by atoms with Crippen LogP contribution in [0.5, 0.6) is 0 Å². The van der Waals surface area contributed by atoms with E-state index in [0.29, 0.717) is 17.4 Å². The zero-order chi connectivity index (χ0) is 52.7. The molecule has 0 spiro atoms. The van der Waals surface area contributed by atoms with Gasteiger partial charge in [-0.3, -0.25) is 13.8 Å². The Morgan fingerprint density at radius 2 is 0.736 bits per heavy atom. The van der Waals surface area contributed by atoms with Crippen molar-refractivity contribution in [3.8, 4) is 0 Å². The summed E-state index contributed by atoms with van der Waals surface area (Å²) in [7, 11) is 1.59. The first-order valence-electron chi connectivity index (χ1n) is 32.1. The molecule has 3 N–H and O–H groups in total. The van der Waals surface area contributed by atoms with Gasteiger partial charge < -0.3 is 19.8 Å². The molecule has 0 aromatic heterocycles. The van der Waals surface area contributed by atoms with Crippen LogP contribution in [-0.4, -0.2) is 73.4 Å². The third kappa shape index (κ3) is 57.0. The largest absolute Gasteiger partial charge is 0.472 e. The number of aliphatic hydroxyl groups is 1. The molecule has 9 heteroatoms. The first kappa shape index (κ1) is 71.2. The lowest BCUT2D eigenvalue weighted by Crippen LogP contribution is -2.45. The van der Waals surface area contributed by atoms with Crippen molar-refractivity contribution < 1.29 is 32.9 Å². The van der Waals surface area contributed by atoms with Crippen molar-refractivity contribution in [2.24, 2.45) is 0 Å². The molecule has 8 nitrogen and oxygen atoms in total. The number of unbranched alkanes of at least 4 members (excludes halogenated alkanes) is 47. The number of hydrogen-bond acceptors (Lipinski definition) is 5. The highest BCUT2D eigenvalue weighted by Gasteiger charge is 2.28. The van der Waals surface area contributed by atoms with Crippen LogP contribution >= 0.6 is 7.82 Å². The van der Waals surface area contributed by atoms with Crippen molar-refractivity contribution in [2.75, 3.05) is 40.9 Å². The van der Waals surface area contributed by atoms with E-state index >= 15 is 0 Å². The van der Waals surface area contributed by atoms with Gasteiger partial charge in [0.2, 0.25) is 5.91 Å². The van der Waals surface area contributed by atoms with Crippen molar-refractivity contribution in [3.05, 3.63) is 12.2 Å². The van der Waals surface area contributed by atoms with E-state index in [1.54, 1.807) is 6.08 Å². The van der Waals surface area contributed by atoms with Crippen LogP contribution in [-0.2, 0) is 18.4 Å². The standard InChI is InChI=1S/C63H127N2O6P/c1-6-8-10-12-14-16-18-20-22-24-26-28-30-32-33-35-37-39-41-43-45-47-49-51-53-55-57-63(67)64-61(60-71-72(68,69)70-59-58-65(3,4)5)62(66)56-54-52-50-48-46-44-42-40-38-36-34-31-29-27-25-23-21-19-17-15-13-11-9-7-2/h54,56,61-62,66H,6-53,55,57-60H2,1-5H3,(H-,64,67,68,69)/p+1/b56-54+. The molecular weight excluding hydrogens is 912 g/mol. The molecule has 0 bridgehead atoms. The predicted molar refractivity (Wildman–Crippen MR) is 314 cm³/mol. The number of phosphoric ester groups is 1. The van der Waals surface area contributed by atoms with E-state index in [-0.39, 0.29) is 19.1 Å². The van der Waals surface area contributed by atoms with Gasteiger partial charge in [-0.05, 0) is 19.3 Å². The molecule has 0 radical (unpaired) electrons. The SMILES string of the molecule is CCCCCCCCCCCCCCCCCCCCCCCC/C=C/C(O)C(COP(=O)(O)OCC[N+](C)(C)C)NC(=O)CCCCCCCCCCCCCCCCCCCCCCCCCCCC. The molecule has 72 heavy (non-hydrogen) atoms. The van der Waals surface area contributed by atoms with Crippen LogP contribution in [0, 0.1) is 0 Å². The number of carbonyl (C=O) groups excluding carboxylic acids is 1. The Kier molecular flexibility index (Phi) is 54.4. The summed E-state index contributed by atoms with van der Waals surface area (Å²) >= 11 is 0. The van der Waals surface area contributed by atoms with Gasteiger partial charge in [0.25, 0.3) is 0 Å². The van der Waals surface area contributed by atoms with Gasteiger partial charge in [-0.2, -0.15) is 0 Å². The van der Waals surface area contributed by atoms with Gasteiger partial charge in [0.1, 0.15) is 13.2 Å². The molecule has 0 fully saturated rings. The van der Waals surface area contributed by atoms with Gasteiger partial charge in [-0.15, -0.1) is 0 Å². The quantitative estimate of drug-likeness (QED) is 0.0243. The maximum absolute atomic E-state index is 13.0. The Morgan fingerprint density at radius 1 is 0.458 bits per heavy atom. The fraction of sp³-hybridized carbons (Fsp3) is 0.952. The summed E-state index contributed by atoms with van der Waals surface area (Å²) in [5.74, 6) is -0.168. The number of amides is 1. The average Bonchev–Trinajstić information content (AvgIpc) is 3.34. The van der Waals surface area contributed by atoms with Gasteiger partial charge in [-0.1, -0.05) is 321 Å². The van der Waals surface area contributed by atoms with E-state index < -0.39 is 20.0 Å². The van der Waals surface area contributed by atoms with Crippen LogP contribution in [0.1, 0.15) is 335 Å². The van der Waals surface area contributed by atoms with E-state index in [2.05, 4.69) is 19.2 Å². The summed E-state index contributed by atoms with van der Waals surface area (Å²) in [6.07, 6.45) is 69.0. The number of hydrogen-bond donors (Lipinski definition) is 3. The van der Waals surface area contributed by atoms with Crippen LogP contribution in [0.4, 0.5) is 0 Å². The summed E-state index contributed by atoms with van der Waals surface area (Å²) in [6, 6.07) is -0.843. The maximum Gasteiger partial charge on any atom is 0.472 e. The Morgan fingerprint density at radius 3 is 1.03 bits per heavy atom. The van der Waals surface area contributed by atoms with Gasteiger partial charge >= 0.3 is 7.82 Å². The van der Waals surface area contributed by atoms with Crippen LogP contribution in [0.15, 0.2) is 12.2 Å². The minimum absolute atomic E-state index is 0.0654. The molecule has 0 heterocycles. The van der Waals surface area contributed by atoms with Crippen molar-refractivity contribution in [2.45, 2.75) is 347 Å². The maximum atomic E-state index is 13.0. The topological polar surface area (TPSA) is 105 Å². The smallest absolute Gasteiger partial charge is 0.387 e. The summed E-state index contributed by atoms with van der Waals surface area (Å²) in [5, 5.41) is 14.0. The lowest BCUT2D eigenvalue weighted by Gasteiger charge is -2.25. The lowest BCUT2D eigenvalue weighted by atomic mass is 10.0. The normalized spacial score (nSPS) is 13.8. The number of carbonyl (C=O) groups is 1. The molecule has 0 aliphatic heterocycles. The minimum atomic E-state index is -4.35. The van der Waals surface area contributed by atoms with Crippen molar-refractivity contribution in [3.63, 3.8) is 0 Å². The molecule has 0 aromatic rings. The fourth-order valence-electron chi connectivity index (χ4n) is 9.99. The minimum Gasteiger partial charge on any atom is -0.387 e. The van der Waals surface area contributed by atoms with Crippen LogP contribution in [0.2, 0.25) is 0 Å². The second-order valence-electron chi connectivity index (χ2n) is 23.5. The summed E-state index contributed by atoms with van der Waals surface area (Å²) < 4.78 is 23.8. The number of phosphoric acid groups is 1. The molecule has 0 saturated heterocycles. The van der Waals surface area contributed by atoms with E-state index in [9.17, 15) is 19.4 Å².